The smallest absolute Gasteiger partial charge is 0.183 e. The molecule has 1 aromatic carbocycles. The number of aromatic nitrogens is 1. The summed E-state index contributed by atoms with van der Waals surface area (Å²) in [6, 6.07) is 7.65. The highest BCUT2D eigenvalue weighted by Gasteiger charge is 2.15. The molecule has 1 aliphatic heterocycles. The number of benzene rings is 2. The third-order valence-electron chi connectivity index (χ3n) is 3.79. The van der Waals surface area contributed by atoms with Crippen LogP contribution < -0.4 is 10.2 Å². The Morgan fingerprint density at radius 1 is 1.23 bits per heavy atom. The van der Waals surface area contributed by atoms with Crippen molar-refractivity contribution in [2.75, 3.05) is 6.61 Å². The molecular formula is C18H19NO2S. The minimum Gasteiger partial charge on any atom is -0.494 e. The van der Waals surface area contributed by atoms with Gasteiger partial charge in [0.05, 0.1) is 27.4 Å². The number of unbranched alkanes of at least 4 members (excludes halogenated alkanes) is 1. The average Bonchev–Trinajstić information content (AvgIpc) is 2.51. The lowest BCUT2D eigenvalue weighted by Gasteiger charge is -2.12. The van der Waals surface area contributed by atoms with Crippen LogP contribution in [0.3, 0.4) is 0 Å². The van der Waals surface area contributed by atoms with Crippen molar-refractivity contribution in [2.45, 2.75) is 33.6 Å². The molecule has 1 heterocycles. The van der Waals surface area contributed by atoms with Gasteiger partial charge in [0, 0.05) is 5.56 Å². The summed E-state index contributed by atoms with van der Waals surface area (Å²) in [4.78, 5) is 17.7. The zero-order valence-corrected chi connectivity index (χ0v) is 13.9. The Morgan fingerprint density at radius 2 is 2.05 bits per heavy atom. The van der Waals surface area contributed by atoms with Crippen LogP contribution >= 0.6 is 11.3 Å². The van der Waals surface area contributed by atoms with Gasteiger partial charge in [0.1, 0.15) is 5.75 Å². The molecule has 1 aliphatic carbocycles. The Bertz CT molecular complexity index is 854. The van der Waals surface area contributed by atoms with Crippen molar-refractivity contribution in [3.63, 3.8) is 0 Å². The van der Waals surface area contributed by atoms with Crippen LogP contribution in [-0.2, 0) is 0 Å². The van der Waals surface area contributed by atoms with E-state index in [4.69, 9.17) is 9.72 Å². The lowest BCUT2D eigenvalue weighted by Crippen LogP contribution is -2.08. The summed E-state index contributed by atoms with van der Waals surface area (Å²) in [6.07, 6.45) is 2.17. The van der Waals surface area contributed by atoms with E-state index in [1.807, 2.05) is 32.0 Å². The molecule has 0 aromatic heterocycles. The zero-order chi connectivity index (χ0) is 15.7. The molecule has 3 nitrogen and oxygen atoms in total. The quantitative estimate of drug-likeness (QED) is 0.523. The van der Waals surface area contributed by atoms with Gasteiger partial charge in [-0.1, -0.05) is 13.3 Å². The van der Waals surface area contributed by atoms with Crippen molar-refractivity contribution < 1.29 is 4.74 Å². The van der Waals surface area contributed by atoms with Crippen LogP contribution in [0.15, 0.2) is 29.1 Å². The standard InChI is InChI=1S/C18H19NO2S/c1-4-5-8-21-13-6-7-14-16(10-13)22-18-12(3)15(20)9-11(2)17(18)19-14/h6-7,9-10H,4-5,8H2,1-3H3. The van der Waals surface area contributed by atoms with Crippen molar-refractivity contribution >= 4 is 21.6 Å². The Hall–Kier alpha value is -1.94. The predicted octanol–water partition coefficient (Wildman–Crippen LogP) is 4.56. The van der Waals surface area contributed by atoms with Crippen LogP contribution in [0.25, 0.3) is 20.8 Å². The Labute approximate surface area is 133 Å². The van der Waals surface area contributed by atoms with Crippen LogP contribution in [0.4, 0.5) is 0 Å². The minimum atomic E-state index is 0.0813. The number of ether oxygens (including phenoxy) is 1. The van der Waals surface area contributed by atoms with Crippen molar-refractivity contribution in [3.05, 3.63) is 45.6 Å². The average molecular weight is 313 g/mol. The van der Waals surface area contributed by atoms with Crippen LogP contribution in [0, 0.1) is 13.8 Å². The molecule has 1 aromatic rings. The van der Waals surface area contributed by atoms with Crippen molar-refractivity contribution in [3.8, 4) is 16.3 Å². The molecule has 0 N–H and O–H groups in total. The first-order chi connectivity index (χ1) is 10.6. The molecule has 0 spiro atoms. The van der Waals surface area contributed by atoms with Crippen molar-refractivity contribution in [1.29, 1.82) is 0 Å². The van der Waals surface area contributed by atoms with E-state index in [0.717, 1.165) is 57.1 Å². The number of aryl methyl sites for hydroxylation is 1. The van der Waals surface area contributed by atoms with E-state index in [1.54, 1.807) is 17.4 Å². The first kappa shape index (κ1) is 15.0. The van der Waals surface area contributed by atoms with Crippen LogP contribution in [0.2, 0.25) is 0 Å². The second-order valence-electron chi connectivity index (χ2n) is 5.54. The van der Waals surface area contributed by atoms with Crippen molar-refractivity contribution in [1.82, 2.24) is 4.98 Å². The normalized spacial score (nSPS) is 11.2. The topological polar surface area (TPSA) is 39.2 Å². The van der Waals surface area contributed by atoms with Crippen LogP contribution in [0.5, 0.6) is 5.75 Å². The molecule has 2 aliphatic rings. The summed E-state index contributed by atoms with van der Waals surface area (Å²) in [5.74, 6) is 0.867. The Balaban J connectivity index is 2.13. The van der Waals surface area contributed by atoms with Crippen molar-refractivity contribution in [2.24, 2.45) is 0 Å². The molecule has 114 valence electrons. The third kappa shape index (κ3) is 2.71. The molecule has 0 bridgehead atoms. The summed E-state index contributed by atoms with van der Waals surface area (Å²) >= 11 is 1.62. The van der Waals surface area contributed by atoms with Gasteiger partial charge in [-0.15, -0.1) is 11.3 Å². The highest BCUT2D eigenvalue weighted by atomic mass is 32.1. The predicted molar refractivity (Wildman–Crippen MR) is 92.4 cm³/mol. The van der Waals surface area contributed by atoms with Gasteiger partial charge in [-0.25, -0.2) is 4.98 Å². The number of rotatable bonds is 4. The van der Waals surface area contributed by atoms with Gasteiger partial charge in [-0.3, -0.25) is 4.79 Å². The van der Waals surface area contributed by atoms with Gasteiger partial charge in [0.2, 0.25) is 0 Å². The maximum absolute atomic E-state index is 12.0. The highest BCUT2D eigenvalue weighted by Crippen LogP contribution is 2.35. The van der Waals surface area contributed by atoms with Crippen LogP contribution in [-0.4, -0.2) is 11.6 Å². The zero-order valence-electron chi connectivity index (χ0n) is 13.1. The second-order valence-corrected chi connectivity index (χ2v) is 6.59. The molecule has 3 rings (SSSR count). The van der Waals surface area contributed by atoms with Gasteiger partial charge in [0.25, 0.3) is 0 Å². The number of hydrogen-bond donors (Lipinski definition) is 0. The van der Waals surface area contributed by atoms with E-state index >= 15 is 0 Å². The summed E-state index contributed by atoms with van der Waals surface area (Å²) in [7, 11) is 0. The largest absolute Gasteiger partial charge is 0.494 e. The SMILES string of the molecule is CCCCOc1ccc2nc3c(C)cc(=O)c(C)c-3sc2c1. The third-order valence-corrected chi connectivity index (χ3v) is 5.04. The van der Waals surface area contributed by atoms with Gasteiger partial charge >= 0.3 is 0 Å². The molecule has 0 atom stereocenters. The van der Waals surface area contributed by atoms with E-state index in [-0.39, 0.29) is 5.43 Å². The molecule has 0 unspecified atom stereocenters. The van der Waals surface area contributed by atoms with Gasteiger partial charge in [0.15, 0.2) is 5.43 Å². The summed E-state index contributed by atoms with van der Waals surface area (Å²) in [5.41, 5.74) is 3.66. The molecule has 0 saturated heterocycles. The fourth-order valence-corrected chi connectivity index (χ4v) is 3.60. The summed E-state index contributed by atoms with van der Waals surface area (Å²) in [6.45, 7) is 6.69. The van der Waals surface area contributed by atoms with Crippen LogP contribution in [0.1, 0.15) is 30.9 Å². The van der Waals surface area contributed by atoms with E-state index in [0.29, 0.717) is 0 Å². The highest BCUT2D eigenvalue weighted by molar-refractivity contribution is 7.21. The minimum absolute atomic E-state index is 0.0813. The Morgan fingerprint density at radius 3 is 2.82 bits per heavy atom. The monoisotopic (exact) mass is 313 g/mol. The lowest BCUT2D eigenvalue weighted by atomic mass is 10.1. The molecular weight excluding hydrogens is 294 g/mol. The molecule has 0 amide bonds. The summed E-state index contributed by atoms with van der Waals surface area (Å²) in [5, 5.41) is 0. The van der Waals surface area contributed by atoms with E-state index in [9.17, 15) is 4.79 Å². The van der Waals surface area contributed by atoms with E-state index < -0.39 is 0 Å². The van der Waals surface area contributed by atoms with Gasteiger partial charge in [-0.05, 0) is 50.1 Å². The molecule has 0 saturated carbocycles. The number of fused-ring (bicyclic) bond motifs is 2. The molecule has 4 heteroatoms. The van der Waals surface area contributed by atoms with E-state index in [2.05, 4.69) is 6.92 Å². The first-order valence-corrected chi connectivity index (χ1v) is 8.39. The fraction of sp³-hybridized carbons (Fsp3) is 0.333. The summed E-state index contributed by atoms with van der Waals surface area (Å²) < 4.78 is 6.81. The molecule has 22 heavy (non-hydrogen) atoms. The fourth-order valence-electron chi connectivity index (χ4n) is 2.43. The molecule has 0 fully saturated rings. The number of hydrogen-bond acceptors (Lipinski definition) is 4. The molecule has 0 radical (unpaired) electrons. The van der Waals surface area contributed by atoms with Gasteiger partial charge in [-0.2, -0.15) is 0 Å². The number of nitrogens with zero attached hydrogens (tertiary/aromatic N) is 1. The van der Waals surface area contributed by atoms with Gasteiger partial charge < -0.3 is 4.74 Å². The second kappa shape index (κ2) is 6.05. The Kier molecular flexibility index (Phi) is 4.12. The maximum Gasteiger partial charge on any atom is 0.183 e. The maximum atomic E-state index is 12.0. The van der Waals surface area contributed by atoms with E-state index in [1.165, 1.54) is 0 Å². The first-order valence-electron chi connectivity index (χ1n) is 7.57. The lowest BCUT2D eigenvalue weighted by molar-refractivity contribution is 0.310.